The molecule has 0 aromatic carbocycles. The second-order valence-corrected chi connectivity index (χ2v) is 4.40. The number of hydrogen-bond donors (Lipinski definition) is 1. The lowest BCUT2D eigenvalue weighted by molar-refractivity contribution is -0.384. The molecule has 0 aliphatic heterocycles. The molecule has 92 valence electrons. The quantitative estimate of drug-likeness (QED) is 0.269. The molecule has 1 aromatic heterocycles. The minimum atomic E-state index is -0.625. The van der Waals surface area contributed by atoms with Crippen LogP contribution in [0.4, 0.5) is 11.5 Å². The predicted molar refractivity (Wildman–Crippen MR) is 63.7 cm³/mol. The van der Waals surface area contributed by atoms with Crippen molar-refractivity contribution in [2.45, 2.75) is 24.9 Å². The Bertz CT molecular complexity index is 438. The monoisotopic (exact) mass is 256 g/mol. The number of anilines is 1. The van der Waals surface area contributed by atoms with E-state index in [1.807, 2.05) is 0 Å². The molecule has 2 N–H and O–H groups in total. The zero-order valence-electron chi connectivity index (χ0n) is 9.25. The van der Waals surface area contributed by atoms with E-state index in [1.54, 1.807) is 0 Å². The Morgan fingerprint density at radius 2 is 2.35 bits per heavy atom. The zero-order chi connectivity index (χ0) is 12.8. The van der Waals surface area contributed by atoms with E-state index in [9.17, 15) is 14.9 Å². The van der Waals surface area contributed by atoms with Crippen molar-refractivity contribution in [1.82, 2.24) is 9.97 Å². The molecule has 8 heteroatoms. The first-order valence-electron chi connectivity index (χ1n) is 4.90. The molecule has 1 aromatic rings. The van der Waals surface area contributed by atoms with Crippen molar-refractivity contribution in [3.05, 3.63) is 16.3 Å². The number of ketones is 1. The van der Waals surface area contributed by atoms with Crippen molar-refractivity contribution >= 4 is 29.1 Å². The fourth-order valence-corrected chi connectivity index (χ4v) is 1.83. The van der Waals surface area contributed by atoms with Crippen LogP contribution >= 0.6 is 11.8 Å². The van der Waals surface area contributed by atoms with Gasteiger partial charge >= 0.3 is 5.69 Å². The van der Waals surface area contributed by atoms with E-state index in [2.05, 4.69) is 9.97 Å². The number of carbonyl (C=O) groups is 1. The average Bonchev–Trinajstić information content (AvgIpc) is 2.23. The maximum atomic E-state index is 10.7. The molecule has 0 atom stereocenters. The first-order chi connectivity index (χ1) is 8.00. The van der Waals surface area contributed by atoms with E-state index in [4.69, 9.17) is 5.73 Å². The summed E-state index contributed by atoms with van der Waals surface area (Å²) in [6, 6.07) is 0. The van der Waals surface area contributed by atoms with Gasteiger partial charge in [-0.3, -0.25) is 10.1 Å². The van der Waals surface area contributed by atoms with Crippen molar-refractivity contribution in [2.75, 3.05) is 11.5 Å². The minimum Gasteiger partial charge on any atom is -0.378 e. The van der Waals surface area contributed by atoms with Crippen LogP contribution in [0.5, 0.6) is 0 Å². The molecule has 1 rings (SSSR count). The van der Waals surface area contributed by atoms with Gasteiger partial charge in [-0.1, -0.05) is 11.8 Å². The molecule has 0 fully saturated rings. The van der Waals surface area contributed by atoms with Gasteiger partial charge in [0.2, 0.25) is 5.82 Å². The van der Waals surface area contributed by atoms with Gasteiger partial charge in [0.25, 0.3) is 0 Å². The Kier molecular flexibility index (Phi) is 4.83. The van der Waals surface area contributed by atoms with Crippen molar-refractivity contribution in [2.24, 2.45) is 0 Å². The Labute approximate surface area is 102 Å². The van der Waals surface area contributed by atoms with Gasteiger partial charge in [-0.25, -0.2) is 4.98 Å². The van der Waals surface area contributed by atoms with Crippen LogP contribution < -0.4 is 5.73 Å². The van der Waals surface area contributed by atoms with Gasteiger partial charge < -0.3 is 10.5 Å². The van der Waals surface area contributed by atoms with Crippen LogP contribution in [0.15, 0.2) is 11.4 Å². The number of thioether (sulfide) groups is 1. The molecule has 7 nitrogen and oxygen atoms in total. The third-order valence-corrected chi connectivity index (χ3v) is 2.82. The number of hydrogen-bond acceptors (Lipinski definition) is 7. The fourth-order valence-electron chi connectivity index (χ4n) is 1.07. The van der Waals surface area contributed by atoms with Crippen LogP contribution in [0.1, 0.15) is 19.8 Å². The summed E-state index contributed by atoms with van der Waals surface area (Å²) in [5.41, 5.74) is 5.12. The second-order valence-electron chi connectivity index (χ2n) is 3.33. The molecule has 0 aliphatic rings. The number of aromatic nitrogens is 2. The molecule has 0 saturated heterocycles. The Hall–Kier alpha value is -1.70. The van der Waals surface area contributed by atoms with Crippen LogP contribution in [0, 0.1) is 10.1 Å². The van der Waals surface area contributed by atoms with E-state index >= 15 is 0 Å². The molecule has 0 saturated carbocycles. The van der Waals surface area contributed by atoms with Gasteiger partial charge in [-0.05, 0) is 13.3 Å². The number of nitrogen functional groups attached to an aromatic ring is 1. The third kappa shape index (κ3) is 4.35. The Morgan fingerprint density at radius 3 is 2.88 bits per heavy atom. The summed E-state index contributed by atoms with van der Waals surface area (Å²) in [4.78, 5) is 28.2. The highest BCUT2D eigenvalue weighted by Gasteiger charge is 2.14. The van der Waals surface area contributed by atoms with Gasteiger partial charge in [0.05, 0.1) is 4.92 Å². The molecule has 0 amide bonds. The molecule has 0 radical (unpaired) electrons. The molecule has 17 heavy (non-hydrogen) atoms. The summed E-state index contributed by atoms with van der Waals surface area (Å²) in [6.07, 6.45) is 2.32. The zero-order valence-corrected chi connectivity index (χ0v) is 10.1. The smallest absolute Gasteiger partial charge is 0.329 e. The largest absolute Gasteiger partial charge is 0.378 e. The van der Waals surface area contributed by atoms with Crippen molar-refractivity contribution in [1.29, 1.82) is 0 Å². The van der Waals surface area contributed by atoms with Crippen molar-refractivity contribution in [3.63, 3.8) is 0 Å². The maximum Gasteiger partial charge on any atom is 0.329 e. The molecular weight excluding hydrogens is 244 g/mol. The lowest BCUT2D eigenvalue weighted by Gasteiger charge is -2.00. The molecule has 0 bridgehead atoms. The van der Waals surface area contributed by atoms with Gasteiger partial charge in [0.1, 0.15) is 12.0 Å². The van der Waals surface area contributed by atoms with E-state index < -0.39 is 4.92 Å². The first kappa shape index (κ1) is 13.4. The minimum absolute atomic E-state index is 0.134. The summed E-state index contributed by atoms with van der Waals surface area (Å²) in [7, 11) is 0. The van der Waals surface area contributed by atoms with Crippen LogP contribution in [-0.4, -0.2) is 26.4 Å². The van der Waals surface area contributed by atoms with Gasteiger partial charge in [0, 0.05) is 12.2 Å². The lowest BCUT2D eigenvalue weighted by Crippen LogP contribution is -2.01. The SMILES string of the molecule is CC(=O)CCCSc1ncc([N+](=O)[O-])c(N)n1. The van der Waals surface area contributed by atoms with E-state index in [1.165, 1.54) is 18.7 Å². The van der Waals surface area contributed by atoms with Crippen LogP contribution in [0.2, 0.25) is 0 Å². The molecule has 0 unspecified atom stereocenters. The van der Waals surface area contributed by atoms with Crippen LogP contribution in [0.25, 0.3) is 0 Å². The molecule has 1 heterocycles. The number of rotatable bonds is 6. The van der Waals surface area contributed by atoms with Crippen LogP contribution in [0.3, 0.4) is 0 Å². The Balaban J connectivity index is 2.53. The van der Waals surface area contributed by atoms with E-state index in [-0.39, 0.29) is 17.3 Å². The topological polar surface area (TPSA) is 112 Å². The van der Waals surface area contributed by atoms with Gasteiger partial charge in [-0.15, -0.1) is 0 Å². The molecule has 0 aliphatic carbocycles. The van der Waals surface area contributed by atoms with Gasteiger partial charge in [0.15, 0.2) is 5.16 Å². The number of nitrogens with two attached hydrogens (primary N) is 1. The van der Waals surface area contributed by atoms with Gasteiger partial charge in [-0.2, -0.15) is 4.98 Å². The molecule has 0 spiro atoms. The average molecular weight is 256 g/mol. The van der Waals surface area contributed by atoms with Crippen molar-refractivity contribution in [3.8, 4) is 0 Å². The van der Waals surface area contributed by atoms with E-state index in [0.717, 1.165) is 12.6 Å². The van der Waals surface area contributed by atoms with Crippen molar-refractivity contribution < 1.29 is 9.72 Å². The first-order valence-corrected chi connectivity index (χ1v) is 5.88. The third-order valence-electron chi connectivity index (χ3n) is 1.88. The maximum absolute atomic E-state index is 10.7. The number of nitro groups is 1. The summed E-state index contributed by atoms with van der Waals surface area (Å²) < 4.78 is 0. The summed E-state index contributed by atoms with van der Waals surface area (Å²) in [5.74, 6) is 0.672. The fraction of sp³-hybridized carbons (Fsp3) is 0.444. The highest BCUT2D eigenvalue weighted by molar-refractivity contribution is 7.99. The summed E-state index contributed by atoms with van der Waals surface area (Å²) in [6.45, 7) is 1.53. The normalized spacial score (nSPS) is 10.2. The number of carbonyl (C=O) groups excluding carboxylic acids is 1. The highest BCUT2D eigenvalue weighted by atomic mass is 32.2. The number of Topliss-reactive ketones (excluding diaryl/α,β-unsaturated/α-hetero) is 1. The molecular formula is C9H12N4O3S. The predicted octanol–water partition coefficient (Wildman–Crippen LogP) is 1.43. The highest BCUT2D eigenvalue weighted by Crippen LogP contribution is 2.21. The van der Waals surface area contributed by atoms with Crippen LogP contribution in [-0.2, 0) is 4.79 Å². The lowest BCUT2D eigenvalue weighted by atomic mass is 10.3. The number of nitrogens with zero attached hydrogens (tertiary/aromatic N) is 3. The summed E-state index contributed by atoms with van der Waals surface area (Å²) >= 11 is 1.32. The standard InChI is InChI=1S/C9H12N4O3S/c1-6(14)3-2-4-17-9-11-5-7(13(15)16)8(10)12-9/h5H,2-4H2,1H3,(H2,10,11,12). The van der Waals surface area contributed by atoms with E-state index in [0.29, 0.717) is 17.3 Å². The Morgan fingerprint density at radius 1 is 1.65 bits per heavy atom. The summed E-state index contributed by atoms with van der Waals surface area (Å²) in [5, 5.41) is 10.9. The second kappa shape index (κ2) is 6.14.